The molecule has 0 saturated heterocycles. The highest BCUT2D eigenvalue weighted by Gasteiger charge is 2.12. The first kappa shape index (κ1) is 15.4. The number of thiazole rings is 1. The van der Waals surface area contributed by atoms with Crippen molar-refractivity contribution in [3.8, 4) is 16.6 Å². The summed E-state index contributed by atoms with van der Waals surface area (Å²) in [7, 11) is 0. The van der Waals surface area contributed by atoms with E-state index in [0.29, 0.717) is 12.3 Å². The average molecular weight is 318 g/mol. The van der Waals surface area contributed by atoms with Crippen molar-refractivity contribution in [2.45, 2.75) is 19.8 Å². The van der Waals surface area contributed by atoms with E-state index in [2.05, 4.69) is 4.98 Å². The van der Waals surface area contributed by atoms with Crippen molar-refractivity contribution in [2.24, 2.45) is 0 Å². The van der Waals surface area contributed by atoms with Crippen LogP contribution in [0.25, 0.3) is 16.6 Å². The zero-order valence-corrected chi connectivity index (χ0v) is 13.2. The summed E-state index contributed by atoms with van der Waals surface area (Å²) >= 11 is 3.09. The number of carbonyl (C=O) groups is 1. The molecule has 2 aromatic rings. The van der Waals surface area contributed by atoms with Crippen LogP contribution in [0.4, 0.5) is 0 Å². The van der Waals surface area contributed by atoms with Gasteiger partial charge in [-0.1, -0.05) is 13.3 Å². The average Bonchev–Trinajstić information content (AvgIpc) is 3.15. The molecule has 2 heterocycles. The highest BCUT2D eigenvalue weighted by Crippen LogP contribution is 2.26. The number of esters is 1. The van der Waals surface area contributed by atoms with Gasteiger partial charge in [0.25, 0.3) is 0 Å². The number of ether oxygens (including phenoxy) is 1. The lowest BCUT2D eigenvalue weighted by molar-refractivity contribution is -0.138. The highest BCUT2D eigenvalue weighted by molar-refractivity contribution is 7.14. The first-order valence-electron chi connectivity index (χ1n) is 6.51. The number of rotatable bonds is 6. The van der Waals surface area contributed by atoms with Crippen LogP contribution in [-0.2, 0) is 9.53 Å². The number of nitrogens with zero attached hydrogens (tertiary/aromatic N) is 2. The number of aromatic nitrogens is 1. The topological polar surface area (TPSA) is 63.0 Å². The van der Waals surface area contributed by atoms with Gasteiger partial charge in [0.2, 0.25) is 0 Å². The first-order valence-corrected chi connectivity index (χ1v) is 8.34. The van der Waals surface area contributed by atoms with E-state index in [1.165, 1.54) is 17.4 Å². The molecule has 0 aliphatic carbocycles. The van der Waals surface area contributed by atoms with Gasteiger partial charge in [0.15, 0.2) is 0 Å². The minimum atomic E-state index is -0.587. The molecular weight excluding hydrogens is 304 g/mol. The second-order valence-electron chi connectivity index (χ2n) is 4.25. The lowest BCUT2D eigenvalue weighted by Gasteiger charge is -2.01. The van der Waals surface area contributed by atoms with Crippen molar-refractivity contribution in [3.63, 3.8) is 0 Å². The largest absolute Gasteiger partial charge is 0.462 e. The van der Waals surface area contributed by atoms with Gasteiger partial charge < -0.3 is 4.74 Å². The third-order valence-electron chi connectivity index (χ3n) is 2.65. The normalized spacial score (nSPS) is 11.1. The summed E-state index contributed by atoms with van der Waals surface area (Å²) in [6.45, 7) is 2.35. The van der Waals surface area contributed by atoms with E-state index in [4.69, 9.17) is 10.00 Å². The van der Waals surface area contributed by atoms with Crippen LogP contribution in [-0.4, -0.2) is 17.6 Å². The molecule has 0 amide bonds. The van der Waals surface area contributed by atoms with Gasteiger partial charge in [0, 0.05) is 16.3 Å². The van der Waals surface area contributed by atoms with Crippen LogP contribution in [0.1, 0.15) is 25.5 Å². The molecule has 0 atom stereocenters. The van der Waals surface area contributed by atoms with E-state index in [-0.39, 0.29) is 5.57 Å². The molecular formula is C15H14N2O2S2. The van der Waals surface area contributed by atoms with Crippen LogP contribution in [0.15, 0.2) is 27.8 Å². The maximum Gasteiger partial charge on any atom is 0.348 e. The molecule has 6 heteroatoms. The second-order valence-corrected chi connectivity index (χ2v) is 5.89. The van der Waals surface area contributed by atoms with Crippen LogP contribution in [0.3, 0.4) is 0 Å². The van der Waals surface area contributed by atoms with Crippen molar-refractivity contribution in [1.82, 2.24) is 4.98 Å². The molecule has 4 nitrogen and oxygen atoms in total. The Morgan fingerprint density at radius 3 is 3.05 bits per heavy atom. The Morgan fingerprint density at radius 1 is 1.52 bits per heavy atom. The van der Waals surface area contributed by atoms with Crippen LogP contribution in [0.2, 0.25) is 0 Å². The van der Waals surface area contributed by atoms with Gasteiger partial charge in [0.1, 0.15) is 16.6 Å². The molecule has 108 valence electrons. The molecule has 0 N–H and O–H groups in total. The van der Waals surface area contributed by atoms with Crippen LogP contribution < -0.4 is 0 Å². The molecule has 0 radical (unpaired) electrons. The summed E-state index contributed by atoms with van der Waals surface area (Å²) in [6.07, 6.45) is 3.21. The van der Waals surface area contributed by atoms with Gasteiger partial charge in [-0.25, -0.2) is 9.78 Å². The van der Waals surface area contributed by atoms with E-state index in [1.54, 1.807) is 11.3 Å². The Kier molecular flexibility index (Phi) is 5.67. The zero-order valence-electron chi connectivity index (χ0n) is 11.5. The van der Waals surface area contributed by atoms with Gasteiger partial charge in [-0.3, -0.25) is 0 Å². The molecule has 0 aliphatic heterocycles. The molecule has 0 saturated carbocycles. The van der Waals surface area contributed by atoms with Crippen LogP contribution in [0.5, 0.6) is 0 Å². The molecule has 0 fully saturated rings. The second kappa shape index (κ2) is 7.72. The minimum absolute atomic E-state index is 0.0201. The van der Waals surface area contributed by atoms with Gasteiger partial charge in [-0.05, 0) is 23.9 Å². The minimum Gasteiger partial charge on any atom is -0.462 e. The molecule has 2 rings (SSSR count). The van der Waals surface area contributed by atoms with Crippen molar-refractivity contribution >= 4 is 34.7 Å². The van der Waals surface area contributed by atoms with Crippen LogP contribution >= 0.6 is 22.7 Å². The van der Waals surface area contributed by atoms with E-state index < -0.39 is 5.97 Å². The van der Waals surface area contributed by atoms with Gasteiger partial charge in [-0.2, -0.15) is 16.6 Å². The molecule has 2 aromatic heterocycles. The zero-order chi connectivity index (χ0) is 15.1. The standard InChI is InChI=1S/C15H14N2O2S2/c1-2-3-5-19-15(18)12(8-16)7-13-10-21-14(17-13)11-4-6-20-9-11/h4,6-7,9-10H,2-3,5H2,1H3. The summed E-state index contributed by atoms with van der Waals surface area (Å²) in [5, 5.41) is 15.8. The predicted octanol–water partition coefficient (Wildman–Crippen LogP) is 4.12. The lowest BCUT2D eigenvalue weighted by atomic mass is 10.2. The van der Waals surface area contributed by atoms with E-state index in [9.17, 15) is 4.79 Å². The summed E-state index contributed by atoms with van der Waals surface area (Å²) < 4.78 is 5.03. The Hall–Kier alpha value is -1.97. The maximum atomic E-state index is 11.8. The van der Waals surface area contributed by atoms with Crippen molar-refractivity contribution in [1.29, 1.82) is 5.26 Å². The quantitative estimate of drug-likeness (QED) is 0.348. The Balaban J connectivity index is 2.10. The van der Waals surface area contributed by atoms with Crippen molar-refractivity contribution < 1.29 is 9.53 Å². The monoisotopic (exact) mass is 318 g/mol. The van der Waals surface area contributed by atoms with Crippen molar-refractivity contribution in [2.75, 3.05) is 6.61 Å². The smallest absolute Gasteiger partial charge is 0.348 e. The number of carbonyl (C=O) groups excluding carboxylic acids is 1. The summed E-state index contributed by atoms with van der Waals surface area (Å²) in [6, 6.07) is 3.86. The Bertz CT molecular complexity index is 666. The van der Waals surface area contributed by atoms with E-state index in [1.807, 2.05) is 35.2 Å². The van der Waals surface area contributed by atoms with Crippen molar-refractivity contribution in [3.05, 3.63) is 33.5 Å². The fraction of sp³-hybridized carbons (Fsp3) is 0.267. The summed E-state index contributed by atoms with van der Waals surface area (Å²) in [5.74, 6) is -0.587. The number of unbranched alkanes of at least 4 members (excludes halogenated alkanes) is 1. The van der Waals surface area contributed by atoms with Gasteiger partial charge in [-0.15, -0.1) is 11.3 Å². The number of hydrogen-bond acceptors (Lipinski definition) is 6. The molecule has 21 heavy (non-hydrogen) atoms. The molecule has 0 unspecified atom stereocenters. The highest BCUT2D eigenvalue weighted by atomic mass is 32.1. The number of thiophene rings is 1. The lowest BCUT2D eigenvalue weighted by Crippen LogP contribution is -2.07. The molecule has 0 aromatic carbocycles. The Morgan fingerprint density at radius 2 is 2.38 bits per heavy atom. The number of hydrogen-bond donors (Lipinski definition) is 0. The number of nitriles is 1. The Labute approximate surface area is 131 Å². The third kappa shape index (κ3) is 4.25. The first-order chi connectivity index (χ1) is 10.2. The fourth-order valence-electron chi connectivity index (χ4n) is 1.54. The summed E-state index contributed by atoms with van der Waals surface area (Å²) in [4.78, 5) is 16.2. The van der Waals surface area contributed by atoms with E-state index >= 15 is 0 Å². The maximum absolute atomic E-state index is 11.8. The molecule has 0 bridgehead atoms. The SMILES string of the molecule is CCCCOC(=O)C(C#N)=Cc1csc(-c2ccsc2)n1. The molecule has 0 aliphatic rings. The fourth-order valence-corrected chi connectivity index (χ4v) is 3.03. The van der Waals surface area contributed by atoms with Gasteiger partial charge in [0.05, 0.1) is 12.3 Å². The third-order valence-corrected chi connectivity index (χ3v) is 4.25. The summed E-state index contributed by atoms with van der Waals surface area (Å²) in [5.41, 5.74) is 1.63. The predicted molar refractivity (Wildman–Crippen MR) is 84.9 cm³/mol. The van der Waals surface area contributed by atoms with Crippen LogP contribution in [0, 0.1) is 11.3 Å². The van der Waals surface area contributed by atoms with Gasteiger partial charge >= 0.3 is 5.97 Å². The molecule has 0 spiro atoms. The van der Waals surface area contributed by atoms with E-state index in [0.717, 1.165) is 23.4 Å².